The summed E-state index contributed by atoms with van der Waals surface area (Å²) in [4.78, 5) is 11.4. The van der Waals surface area contributed by atoms with Gasteiger partial charge in [0.15, 0.2) is 5.69 Å². The van der Waals surface area contributed by atoms with Gasteiger partial charge in [0.2, 0.25) is 0 Å². The maximum atomic E-state index is 11.4. The Balaban J connectivity index is 2.95. The highest BCUT2D eigenvalue weighted by molar-refractivity contribution is 5.88. The fraction of sp³-hybridized carbons (Fsp3) is 0.667. The smallest absolute Gasteiger partial charge is 0.360 e. The molecule has 0 bridgehead atoms. The first-order valence-electron chi connectivity index (χ1n) is 4.66. The topological polar surface area (TPSA) is 57.0 Å². The first kappa shape index (κ1) is 10.7. The summed E-state index contributed by atoms with van der Waals surface area (Å²) in [5.41, 5.74) is 1.05. The third kappa shape index (κ3) is 1.92. The summed E-state index contributed by atoms with van der Waals surface area (Å²) in [5.74, 6) is -0.406. The molecule has 0 amide bonds. The molecule has 0 aromatic carbocycles. The van der Waals surface area contributed by atoms with E-state index in [4.69, 9.17) is 4.74 Å². The first-order valence-corrected chi connectivity index (χ1v) is 4.66. The lowest BCUT2D eigenvalue weighted by Crippen LogP contribution is -2.09. The molecule has 0 N–H and O–H groups in total. The van der Waals surface area contributed by atoms with Gasteiger partial charge in [-0.3, -0.25) is 0 Å². The zero-order valence-corrected chi connectivity index (χ0v) is 8.94. The van der Waals surface area contributed by atoms with Crippen LogP contribution < -0.4 is 0 Å². The van der Waals surface area contributed by atoms with Gasteiger partial charge in [-0.05, 0) is 27.7 Å². The monoisotopic (exact) mass is 197 g/mol. The van der Waals surface area contributed by atoms with Crippen LogP contribution in [0.1, 0.15) is 43.0 Å². The van der Waals surface area contributed by atoms with E-state index in [0.717, 1.165) is 5.69 Å². The number of rotatable bonds is 3. The van der Waals surface area contributed by atoms with Crippen LogP contribution in [-0.4, -0.2) is 27.6 Å². The molecule has 0 unspecified atom stereocenters. The van der Waals surface area contributed by atoms with E-state index < -0.39 is 5.97 Å². The zero-order chi connectivity index (χ0) is 10.7. The van der Waals surface area contributed by atoms with Crippen LogP contribution in [0, 0.1) is 6.92 Å². The van der Waals surface area contributed by atoms with Gasteiger partial charge in [0.25, 0.3) is 0 Å². The van der Waals surface area contributed by atoms with Crippen molar-refractivity contribution in [2.75, 3.05) is 6.61 Å². The van der Waals surface area contributed by atoms with Crippen molar-refractivity contribution in [1.29, 1.82) is 0 Å². The van der Waals surface area contributed by atoms with E-state index in [9.17, 15) is 4.79 Å². The molecule has 1 aromatic rings. The van der Waals surface area contributed by atoms with Crippen LogP contribution in [-0.2, 0) is 4.74 Å². The summed E-state index contributed by atoms with van der Waals surface area (Å²) in [7, 11) is 0. The van der Waals surface area contributed by atoms with Crippen LogP contribution in [0.25, 0.3) is 0 Å². The van der Waals surface area contributed by atoms with Crippen LogP contribution in [0.15, 0.2) is 0 Å². The van der Waals surface area contributed by atoms with Crippen LogP contribution in [0.2, 0.25) is 0 Å². The molecule has 0 aliphatic heterocycles. The summed E-state index contributed by atoms with van der Waals surface area (Å²) in [5, 5.41) is 7.68. The van der Waals surface area contributed by atoms with Gasteiger partial charge >= 0.3 is 5.97 Å². The van der Waals surface area contributed by atoms with Gasteiger partial charge in [-0.1, -0.05) is 5.21 Å². The van der Waals surface area contributed by atoms with E-state index >= 15 is 0 Å². The Morgan fingerprint density at radius 1 is 1.57 bits per heavy atom. The predicted octanol–water partition coefficient (Wildman–Crippen LogP) is 1.34. The molecule has 78 valence electrons. The van der Waals surface area contributed by atoms with Crippen molar-refractivity contribution in [3.8, 4) is 0 Å². The normalized spacial score (nSPS) is 10.6. The van der Waals surface area contributed by atoms with Crippen molar-refractivity contribution in [1.82, 2.24) is 15.0 Å². The highest BCUT2D eigenvalue weighted by Crippen LogP contribution is 2.10. The second-order valence-corrected chi connectivity index (χ2v) is 3.28. The lowest BCUT2D eigenvalue weighted by atomic mass is 10.3. The average Bonchev–Trinajstić information content (AvgIpc) is 2.47. The number of ether oxygens (including phenoxy) is 1. The van der Waals surface area contributed by atoms with E-state index in [1.807, 2.05) is 20.8 Å². The second kappa shape index (κ2) is 4.21. The Morgan fingerprint density at radius 3 is 2.64 bits per heavy atom. The minimum atomic E-state index is -0.406. The fourth-order valence-electron chi connectivity index (χ4n) is 1.22. The van der Waals surface area contributed by atoms with Crippen LogP contribution in [0.3, 0.4) is 0 Å². The van der Waals surface area contributed by atoms with Gasteiger partial charge in [-0.2, -0.15) is 0 Å². The SMILES string of the molecule is CCOC(=O)c1nnn(C(C)C)c1C. The highest BCUT2D eigenvalue weighted by atomic mass is 16.5. The van der Waals surface area contributed by atoms with Crippen molar-refractivity contribution in [2.24, 2.45) is 0 Å². The molecule has 14 heavy (non-hydrogen) atoms. The molecule has 0 atom stereocenters. The Labute approximate surface area is 83.1 Å². The van der Waals surface area contributed by atoms with E-state index in [1.54, 1.807) is 11.6 Å². The van der Waals surface area contributed by atoms with Crippen LogP contribution in [0.5, 0.6) is 0 Å². The highest BCUT2D eigenvalue weighted by Gasteiger charge is 2.18. The Hall–Kier alpha value is -1.39. The van der Waals surface area contributed by atoms with Gasteiger partial charge in [0.1, 0.15) is 0 Å². The zero-order valence-electron chi connectivity index (χ0n) is 8.94. The molecule has 5 heteroatoms. The second-order valence-electron chi connectivity index (χ2n) is 3.28. The van der Waals surface area contributed by atoms with Crippen molar-refractivity contribution >= 4 is 5.97 Å². The average molecular weight is 197 g/mol. The van der Waals surface area contributed by atoms with E-state index in [-0.39, 0.29) is 6.04 Å². The summed E-state index contributed by atoms with van der Waals surface area (Å²) >= 11 is 0. The molecule has 0 saturated carbocycles. The number of hydrogen-bond acceptors (Lipinski definition) is 4. The molecule has 0 aliphatic carbocycles. The molecule has 0 saturated heterocycles. The molecule has 5 nitrogen and oxygen atoms in total. The number of nitrogens with zero attached hydrogens (tertiary/aromatic N) is 3. The maximum absolute atomic E-state index is 11.4. The van der Waals surface area contributed by atoms with Gasteiger partial charge in [0, 0.05) is 6.04 Å². The molecule has 0 radical (unpaired) electrons. The maximum Gasteiger partial charge on any atom is 0.360 e. The van der Waals surface area contributed by atoms with Gasteiger partial charge in [0.05, 0.1) is 12.3 Å². The van der Waals surface area contributed by atoms with Crippen molar-refractivity contribution in [2.45, 2.75) is 33.7 Å². The lowest BCUT2D eigenvalue weighted by Gasteiger charge is -2.06. The first-order chi connectivity index (χ1) is 6.57. The summed E-state index contributed by atoms with van der Waals surface area (Å²) in [6, 6.07) is 0.200. The number of esters is 1. The van der Waals surface area contributed by atoms with Crippen molar-refractivity contribution in [3.63, 3.8) is 0 Å². The predicted molar refractivity (Wildman–Crippen MR) is 51.1 cm³/mol. The van der Waals surface area contributed by atoms with Crippen molar-refractivity contribution < 1.29 is 9.53 Å². The number of carbonyl (C=O) groups is 1. The van der Waals surface area contributed by atoms with Crippen LogP contribution in [0.4, 0.5) is 0 Å². The number of aromatic nitrogens is 3. The number of hydrogen-bond donors (Lipinski definition) is 0. The van der Waals surface area contributed by atoms with E-state index in [0.29, 0.717) is 12.3 Å². The summed E-state index contributed by atoms with van der Waals surface area (Å²) < 4.78 is 6.55. The van der Waals surface area contributed by atoms with Crippen LogP contribution >= 0.6 is 0 Å². The minimum absolute atomic E-state index is 0.200. The molecule has 1 aromatic heterocycles. The largest absolute Gasteiger partial charge is 0.461 e. The molecule has 0 fully saturated rings. The Bertz CT molecular complexity index is 331. The summed E-state index contributed by atoms with van der Waals surface area (Å²) in [6.45, 7) is 7.90. The quantitative estimate of drug-likeness (QED) is 0.686. The van der Waals surface area contributed by atoms with E-state index in [2.05, 4.69) is 10.3 Å². The van der Waals surface area contributed by atoms with Crippen molar-refractivity contribution in [3.05, 3.63) is 11.4 Å². The molecule has 1 rings (SSSR count). The minimum Gasteiger partial charge on any atom is -0.461 e. The Morgan fingerprint density at radius 2 is 2.21 bits per heavy atom. The Kier molecular flexibility index (Phi) is 3.22. The fourth-order valence-corrected chi connectivity index (χ4v) is 1.22. The molecule has 1 heterocycles. The molecular formula is C9H15N3O2. The third-order valence-corrected chi connectivity index (χ3v) is 1.89. The van der Waals surface area contributed by atoms with Gasteiger partial charge < -0.3 is 4.74 Å². The molecule has 0 spiro atoms. The lowest BCUT2D eigenvalue weighted by molar-refractivity contribution is 0.0518. The molecular weight excluding hydrogens is 182 g/mol. The number of carbonyl (C=O) groups excluding carboxylic acids is 1. The van der Waals surface area contributed by atoms with Gasteiger partial charge in [-0.15, -0.1) is 5.10 Å². The third-order valence-electron chi connectivity index (χ3n) is 1.89. The standard InChI is InChI=1S/C9H15N3O2/c1-5-14-9(13)8-7(4)12(6(2)3)11-10-8/h6H,5H2,1-4H3. The van der Waals surface area contributed by atoms with Gasteiger partial charge in [-0.25, -0.2) is 9.48 Å². The molecule has 0 aliphatic rings. The van der Waals surface area contributed by atoms with E-state index in [1.165, 1.54) is 0 Å². The summed E-state index contributed by atoms with van der Waals surface area (Å²) in [6.07, 6.45) is 0.